The summed E-state index contributed by atoms with van der Waals surface area (Å²) in [6.07, 6.45) is 2.51. The predicted octanol–water partition coefficient (Wildman–Crippen LogP) is 9.49. The van der Waals surface area contributed by atoms with E-state index in [-0.39, 0.29) is 38.1 Å². The molecule has 1 fully saturated rings. The van der Waals surface area contributed by atoms with Gasteiger partial charge in [-0.15, -0.1) is 0 Å². The third-order valence-electron chi connectivity index (χ3n) is 11.2. The van der Waals surface area contributed by atoms with Crippen molar-refractivity contribution in [3.05, 3.63) is 138 Å². The van der Waals surface area contributed by atoms with Gasteiger partial charge in [0.1, 0.15) is 47.0 Å². The van der Waals surface area contributed by atoms with E-state index in [1.165, 1.54) is 6.33 Å². The molecule has 15 heteroatoms. The first kappa shape index (κ1) is 46.2. The third kappa shape index (κ3) is 10.3. The van der Waals surface area contributed by atoms with Crippen molar-refractivity contribution in [3.63, 3.8) is 0 Å². The van der Waals surface area contributed by atoms with Crippen molar-refractivity contribution >= 4 is 25.7 Å². The highest BCUT2D eigenvalue weighted by molar-refractivity contribution is 7.44. The molecule has 14 nitrogen and oxygen atoms in total. The fraction of sp³-hybridized carbons (Fsp3) is 0.367. The zero-order valence-electron chi connectivity index (χ0n) is 37.0. The van der Waals surface area contributed by atoms with Crippen LogP contribution >= 0.6 is 8.53 Å². The van der Waals surface area contributed by atoms with Gasteiger partial charge in [0.05, 0.1) is 52.4 Å². The lowest BCUT2D eigenvalue weighted by Crippen LogP contribution is -2.39. The number of methoxy groups -OCH3 is 2. The molecule has 0 spiro atoms. The average molecular weight is 887 g/mol. The fourth-order valence-corrected chi connectivity index (χ4v) is 9.98. The number of hydrogen-bond donors (Lipinski definition) is 1. The smallest absolute Gasteiger partial charge is 0.303 e. The third-order valence-corrected chi connectivity index (χ3v) is 13.4. The number of nitriles is 1. The molecule has 4 aromatic carbocycles. The van der Waals surface area contributed by atoms with E-state index in [2.05, 4.69) is 55.6 Å². The summed E-state index contributed by atoms with van der Waals surface area (Å²) in [4.78, 5) is 25.5. The Hall–Kier alpha value is -5.78. The van der Waals surface area contributed by atoms with Crippen molar-refractivity contribution in [1.82, 2.24) is 24.2 Å². The van der Waals surface area contributed by atoms with Gasteiger partial charge in [0.25, 0.3) is 8.53 Å². The number of benzene rings is 4. The number of rotatable bonds is 21. The van der Waals surface area contributed by atoms with E-state index in [1.54, 1.807) is 20.5 Å². The SMILES string of the molecule is COc1ccc(C(OC[C@H]2O[C@@H](n3cnc4c(-c5cccc(CCC(=O)O)c5)ncnc43)C[C@@H]2OP(OCCC#N)N(C(C)C)C(C)C)(c2ccccc2)c2ccc(OC)cc2)cc1. The molecule has 0 amide bonds. The molecule has 0 aliphatic carbocycles. The molecule has 0 bridgehead atoms. The number of aliphatic carboxylic acids is 1. The Morgan fingerprint density at radius 3 is 2.17 bits per heavy atom. The van der Waals surface area contributed by atoms with Gasteiger partial charge in [0, 0.05) is 30.5 Å². The van der Waals surface area contributed by atoms with Crippen LogP contribution < -0.4 is 9.47 Å². The van der Waals surface area contributed by atoms with Gasteiger partial charge in [0.2, 0.25) is 0 Å². The van der Waals surface area contributed by atoms with Crippen LogP contribution in [0.3, 0.4) is 0 Å². The molecule has 1 saturated heterocycles. The molecular weight excluding hydrogens is 832 g/mol. The Morgan fingerprint density at radius 1 is 0.906 bits per heavy atom. The van der Waals surface area contributed by atoms with Crippen LogP contribution in [0, 0.1) is 11.3 Å². The molecule has 0 saturated carbocycles. The number of nitrogens with zero attached hydrogens (tertiary/aromatic N) is 6. The van der Waals surface area contributed by atoms with Crippen LogP contribution in [-0.2, 0) is 35.3 Å². The standard InChI is InChI=1S/C49H55N6O8P/c1-33(2)55(34(3)4)64(61-27-11-26-50)63-42-29-44(54-32-53-47-46(51-31-52-48(47)54)36-13-10-12-35(28-36)16-25-45(56)57)62-43(42)30-60-49(37-14-8-7-9-15-37,38-17-21-40(58-5)22-18-38)39-19-23-41(59-6)24-20-39/h7-10,12-15,17-24,28,31-34,42-44H,11,16,25,27,29-30H2,1-6H3,(H,56,57)/t42-,43+,44+,64?/m0/s1. The van der Waals surface area contributed by atoms with E-state index < -0.39 is 38.5 Å². The second-order valence-corrected chi connectivity index (χ2v) is 17.4. The molecule has 2 aromatic heterocycles. The number of imidazole rings is 1. The number of carboxylic acid groups (broad SMARTS) is 1. The second-order valence-electron chi connectivity index (χ2n) is 16.0. The number of aryl methyl sites for hydroxylation is 1. The van der Waals surface area contributed by atoms with E-state index in [9.17, 15) is 15.2 Å². The number of carbonyl (C=O) groups is 1. The molecule has 6 aromatic rings. The summed E-state index contributed by atoms with van der Waals surface area (Å²) >= 11 is 0. The topological polar surface area (TPSA) is 163 Å². The maximum absolute atomic E-state index is 11.3. The van der Waals surface area contributed by atoms with Gasteiger partial charge < -0.3 is 33.1 Å². The maximum Gasteiger partial charge on any atom is 0.303 e. The van der Waals surface area contributed by atoms with Crippen molar-refractivity contribution in [2.24, 2.45) is 0 Å². The van der Waals surface area contributed by atoms with Gasteiger partial charge in [-0.1, -0.05) is 72.8 Å². The molecule has 64 heavy (non-hydrogen) atoms. The molecule has 1 aliphatic rings. The lowest BCUT2D eigenvalue weighted by molar-refractivity contribution is -0.136. The summed E-state index contributed by atoms with van der Waals surface area (Å²) in [5.74, 6) is 0.572. The number of hydrogen-bond acceptors (Lipinski definition) is 12. The lowest BCUT2D eigenvalue weighted by Gasteiger charge is -2.39. The van der Waals surface area contributed by atoms with E-state index in [0.29, 0.717) is 41.2 Å². The largest absolute Gasteiger partial charge is 0.497 e. The van der Waals surface area contributed by atoms with Crippen LogP contribution in [0.1, 0.15) is 75.4 Å². The first-order chi connectivity index (χ1) is 31.1. The summed E-state index contributed by atoms with van der Waals surface area (Å²) in [7, 11) is 1.63. The van der Waals surface area contributed by atoms with Gasteiger partial charge in [-0.25, -0.2) is 19.6 Å². The highest BCUT2D eigenvalue weighted by Gasteiger charge is 2.45. The number of carboxylic acids is 1. The van der Waals surface area contributed by atoms with Crippen LogP contribution in [0.25, 0.3) is 22.4 Å². The monoisotopic (exact) mass is 886 g/mol. The van der Waals surface area contributed by atoms with Crippen LogP contribution in [0.5, 0.6) is 11.5 Å². The highest BCUT2D eigenvalue weighted by Crippen LogP contribution is 2.51. The van der Waals surface area contributed by atoms with Crippen LogP contribution in [0.15, 0.2) is 116 Å². The molecule has 4 atom stereocenters. The first-order valence-electron chi connectivity index (χ1n) is 21.4. The number of aromatic nitrogens is 4. The highest BCUT2D eigenvalue weighted by atomic mass is 31.2. The molecule has 1 unspecified atom stereocenters. The van der Waals surface area contributed by atoms with Gasteiger partial charge in [-0.05, 0) is 86.7 Å². The fourth-order valence-electron chi connectivity index (χ4n) is 8.22. The minimum Gasteiger partial charge on any atom is -0.497 e. The Balaban J connectivity index is 1.30. The van der Waals surface area contributed by atoms with Crippen LogP contribution in [0.4, 0.5) is 0 Å². The molecule has 7 rings (SSSR count). The van der Waals surface area contributed by atoms with Crippen molar-refractivity contribution in [2.75, 3.05) is 27.4 Å². The van der Waals surface area contributed by atoms with Crippen molar-refractivity contribution < 1.29 is 37.9 Å². The molecule has 1 aliphatic heterocycles. The molecule has 334 valence electrons. The minimum absolute atomic E-state index is 0.0225. The summed E-state index contributed by atoms with van der Waals surface area (Å²) < 4.78 is 43.2. The normalized spacial score (nSPS) is 17.0. The summed E-state index contributed by atoms with van der Waals surface area (Å²) in [5, 5.41) is 18.8. The zero-order valence-corrected chi connectivity index (χ0v) is 37.9. The van der Waals surface area contributed by atoms with Gasteiger partial charge in [-0.3, -0.25) is 9.36 Å². The van der Waals surface area contributed by atoms with Crippen molar-refractivity contribution in [1.29, 1.82) is 5.26 Å². The van der Waals surface area contributed by atoms with E-state index in [4.69, 9.17) is 38.0 Å². The predicted molar refractivity (Wildman–Crippen MR) is 244 cm³/mol. The molecular formula is C49H55N6O8P. The number of ether oxygens (including phenoxy) is 4. The van der Waals surface area contributed by atoms with Crippen molar-refractivity contribution in [2.45, 2.75) is 89.5 Å². The molecule has 3 heterocycles. The van der Waals surface area contributed by atoms with E-state index in [0.717, 1.165) is 27.8 Å². The van der Waals surface area contributed by atoms with Crippen molar-refractivity contribution in [3.8, 4) is 28.8 Å². The summed E-state index contributed by atoms with van der Waals surface area (Å²) in [6, 6.07) is 35.9. The van der Waals surface area contributed by atoms with Gasteiger partial charge in [-0.2, -0.15) is 5.26 Å². The first-order valence-corrected chi connectivity index (χ1v) is 22.6. The quantitative estimate of drug-likeness (QED) is 0.0413. The maximum atomic E-state index is 11.3. The zero-order chi connectivity index (χ0) is 45.2. The van der Waals surface area contributed by atoms with Crippen LogP contribution in [0.2, 0.25) is 0 Å². The Morgan fingerprint density at radius 2 is 1.56 bits per heavy atom. The average Bonchev–Trinajstić information content (AvgIpc) is 3.93. The molecule has 0 radical (unpaired) electrons. The van der Waals surface area contributed by atoms with Gasteiger partial charge >= 0.3 is 5.97 Å². The minimum atomic E-state index is -1.66. The molecule has 1 N–H and O–H groups in total. The lowest BCUT2D eigenvalue weighted by atomic mass is 9.80. The Labute approximate surface area is 375 Å². The second kappa shape index (κ2) is 21.3. The van der Waals surface area contributed by atoms with E-state index >= 15 is 0 Å². The van der Waals surface area contributed by atoms with Crippen LogP contribution in [-0.4, -0.2) is 87.0 Å². The summed E-state index contributed by atoms with van der Waals surface area (Å²) in [6.45, 7) is 8.73. The Kier molecular flexibility index (Phi) is 15.4. The summed E-state index contributed by atoms with van der Waals surface area (Å²) in [5.41, 5.74) is 4.99. The number of fused-ring (bicyclic) bond motifs is 1. The van der Waals surface area contributed by atoms with E-state index in [1.807, 2.05) is 95.6 Å². The Bertz CT molecular complexity index is 2440. The van der Waals surface area contributed by atoms with Gasteiger partial charge in [0.15, 0.2) is 5.65 Å².